The van der Waals surface area contributed by atoms with E-state index in [4.69, 9.17) is 0 Å². The molecule has 4 heteroatoms. The Hall–Kier alpha value is -2.46. The molecule has 0 fully saturated rings. The van der Waals surface area contributed by atoms with Crippen LogP contribution >= 0.6 is 0 Å². The first-order valence-electron chi connectivity index (χ1n) is 11.1. The van der Waals surface area contributed by atoms with Gasteiger partial charge in [0.15, 0.2) is 5.78 Å². The molecule has 1 heterocycles. The number of allylic oxidation sites excluding steroid dienone is 2. The largest absolute Gasteiger partial charge is 0.343 e. The topological polar surface area (TPSA) is 51.1 Å². The van der Waals surface area contributed by atoms with E-state index < -0.39 is 0 Å². The third-order valence-corrected chi connectivity index (χ3v) is 5.78. The van der Waals surface area contributed by atoms with E-state index in [0.717, 1.165) is 44.5 Å². The van der Waals surface area contributed by atoms with Gasteiger partial charge in [0.25, 0.3) is 0 Å². The first-order valence-corrected chi connectivity index (χ1v) is 11.1. The van der Waals surface area contributed by atoms with Gasteiger partial charge in [-0.25, -0.2) is 0 Å². The molecule has 1 N–H and O–H groups in total. The smallest absolute Gasteiger partial charge is 0.163 e. The SMILES string of the molecule is C=C.CC/C=C(/CCC(C)=O)c1c(C)n(CCNCC)c2ccc3c(c12)CCC3=O. The molecule has 0 spiro atoms. The van der Waals surface area contributed by atoms with Gasteiger partial charge in [0.1, 0.15) is 5.78 Å². The maximum absolute atomic E-state index is 12.4. The molecule has 0 saturated carbocycles. The Labute approximate surface area is 181 Å². The summed E-state index contributed by atoms with van der Waals surface area (Å²) in [6.07, 6.45) is 5.94. The molecule has 0 aliphatic heterocycles. The molecule has 3 rings (SSSR count). The van der Waals surface area contributed by atoms with E-state index >= 15 is 0 Å². The predicted octanol–water partition coefficient (Wildman–Crippen LogP) is 5.65. The zero-order valence-electron chi connectivity index (χ0n) is 19.1. The minimum absolute atomic E-state index is 0.218. The lowest BCUT2D eigenvalue weighted by molar-refractivity contribution is -0.116. The van der Waals surface area contributed by atoms with Crippen molar-refractivity contribution in [1.82, 2.24) is 9.88 Å². The molecule has 30 heavy (non-hydrogen) atoms. The lowest BCUT2D eigenvalue weighted by atomic mass is 9.93. The Morgan fingerprint density at radius 2 is 1.93 bits per heavy atom. The van der Waals surface area contributed by atoms with E-state index in [9.17, 15) is 9.59 Å². The summed E-state index contributed by atoms with van der Waals surface area (Å²) in [5.74, 6) is 0.474. The summed E-state index contributed by atoms with van der Waals surface area (Å²) in [5, 5.41) is 4.65. The van der Waals surface area contributed by atoms with Gasteiger partial charge in [-0.2, -0.15) is 0 Å². The number of carbonyl (C=O) groups excluding carboxylic acids is 2. The Balaban J connectivity index is 0.00000155. The van der Waals surface area contributed by atoms with Gasteiger partial charge in [0.2, 0.25) is 0 Å². The van der Waals surface area contributed by atoms with Crippen LogP contribution in [0.25, 0.3) is 16.5 Å². The molecule has 2 aromatic rings. The van der Waals surface area contributed by atoms with Gasteiger partial charge >= 0.3 is 0 Å². The number of aromatic nitrogens is 1. The highest BCUT2D eigenvalue weighted by Gasteiger charge is 2.27. The van der Waals surface area contributed by atoms with Crippen LogP contribution in [0.15, 0.2) is 31.4 Å². The van der Waals surface area contributed by atoms with Crippen molar-refractivity contribution in [1.29, 1.82) is 0 Å². The van der Waals surface area contributed by atoms with Crippen molar-refractivity contribution < 1.29 is 9.59 Å². The zero-order valence-corrected chi connectivity index (χ0v) is 19.1. The van der Waals surface area contributed by atoms with Gasteiger partial charge < -0.3 is 14.7 Å². The number of Topliss-reactive ketones (excluding diaryl/α,β-unsaturated/α-hetero) is 2. The van der Waals surface area contributed by atoms with Crippen molar-refractivity contribution in [2.75, 3.05) is 13.1 Å². The number of carbonyl (C=O) groups is 2. The first-order chi connectivity index (χ1) is 14.5. The molecular weight excluding hydrogens is 372 g/mol. The number of nitrogens with zero attached hydrogens (tertiary/aromatic N) is 1. The van der Waals surface area contributed by atoms with E-state index in [1.165, 1.54) is 33.3 Å². The number of likely N-dealkylation sites (N-methyl/N-ethyl adjacent to an activating group) is 1. The lowest BCUT2D eigenvalue weighted by Crippen LogP contribution is -2.19. The molecule has 1 aromatic carbocycles. The van der Waals surface area contributed by atoms with Crippen LogP contribution in [0, 0.1) is 6.92 Å². The molecule has 0 amide bonds. The summed E-state index contributed by atoms with van der Waals surface area (Å²) in [6, 6.07) is 4.13. The Kier molecular flexibility index (Phi) is 8.79. The van der Waals surface area contributed by atoms with E-state index in [1.54, 1.807) is 6.92 Å². The molecule has 0 atom stereocenters. The van der Waals surface area contributed by atoms with Gasteiger partial charge in [-0.3, -0.25) is 4.79 Å². The lowest BCUT2D eigenvalue weighted by Gasteiger charge is -2.11. The number of benzene rings is 1. The number of hydrogen-bond donors (Lipinski definition) is 1. The molecule has 162 valence electrons. The quantitative estimate of drug-likeness (QED) is 0.431. The molecule has 0 saturated heterocycles. The average Bonchev–Trinajstić information content (AvgIpc) is 3.25. The number of nitrogens with one attached hydrogen (secondary N) is 1. The summed E-state index contributed by atoms with van der Waals surface area (Å²) >= 11 is 0. The predicted molar refractivity (Wildman–Crippen MR) is 127 cm³/mol. The van der Waals surface area contributed by atoms with Gasteiger partial charge in [-0.05, 0) is 62.9 Å². The molecule has 0 unspecified atom stereocenters. The second-order valence-electron chi connectivity index (χ2n) is 7.71. The highest BCUT2D eigenvalue weighted by Crippen LogP contribution is 2.40. The van der Waals surface area contributed by atoms with Crippen molar-refractivity contribution in [2.24, 2.45) is 0 Å². The highest BCUT2D eigenvalue weighted by atomic mass is 16.1. The third kappa shape index (κ3) is 4.81. The van der Waals surface area contributed by atoms with Crippen molar-refractivity contribution >= 4 is 28.0 Å². The van der Waals surface area contributed by atoms with E-state index in [0.29, 0.717) is 12.8 Å². The second kappa shape index (κ2) is 11.1. The van der Waals surface area contributed by atoms with E-state index in [-0.39, 0.29) is 11.6 Å². The Morgan fingerprint density at radius 1 is 1.20 bits per heavy atom. The van der Waals surface area contributed by atoms with E-state index in [2.05, 4.69) is 56.0 Å². The van der Waals surface area contributed by atoms with Crippen LogP contribution in [0.2, 0.25) is 0 Å². The summed E-state index contributed by atoms with van der Waals surface area (Å²) < 4.78 is 2.38. The van der Waals surface area contributed by atoms with Crippen LogP contribution in [0.3, 0.4) is 0 Å². The van der Waals surface area contributed by atoms with Crippen molar-refractivity contribution in [3.8, 4) is 0 Å². The van der Waals surface area contributed by atoms with Crippen molar-refractivity contribution in [3.63, 3.8) is 0 Å². The van der Waals surface area contributed by atoms with Gasteiger partial charge in [-0.15, -0.1) is 13.2 Å². The summed E-state index contributed by atoms with van der Waals surface area (Å²) in [5.41, 5.74) is 7.04. The van der Waals surface area contributed by atoms with Crippen molar-refractivity contribution in [3.05, 3.63) is 53.8 Å². The molecular formula is C26H36N2O2. The van der Waals surface area contributed by atoms with Crippen LogP contribution in [0.1, 0.15) is 73.6 Å². The minimum Gasteiger partial charge on any atom is -0.343 e. The van der Waals surface area contributed by atoms with Gasteiger partial charge in [0, 0.05) is 53.7 Å². The standard InChI is InChI=1S/C24H32N2O2.C2H4/c1-5-7-18(9-8-16(3)27)23-17(4)26(15-14-25-6-2)21-12-10-19-20(24(21)23)11-13-22(19)28;1-2/h7,10,12,25H,5-6,8-9,11,13-15H2,1-4H3;1-2H2/b18-7-;. The fourth-order valence-electron chi connectivity index (χ4n) is 4.46. The van der Waals surface area contributed by atoms with Gasteiger partial charge in [0.05, 0.1) is 0 Å². The maximum Gasteiger partial charge on any atom is 0.163 e. The van der Waals surface area contributed by atoms with Crippen LogP contribution in [0.5, 0.6) is 0 Å². The fraction of sp³-hybridized carbons (Fsp3) is 0.462. The number of rotatable bonds is 9. The fourth-order valence-corrected chi connectivity index (χ4v) is 4.46. The first kappa shape index (κ1) is 23.8. The normalized spacial score (nSPS) is 13.3. The summed E-state index contributed by atoms with van der Waals surface area (Å²) in [6.45, 7) is 16.9. The monoisotopic (exact) mass is 408 g/mol. The third-order valence-electron chi connectivity index (χ3n) is 5.78. The molecule has 1 aliphatic rings. The highest BCUT2D eigenvalue weighted by molar-refractivity contribution is 6.08. The number of ketones is 2. The molecule has 0 radical (unpaired) electrons. The molecule has 4 nitrogen and oxygen atoms in total. The van der Waals surface area contributed by atoms with Crippen LogP contribution in [-0.2, 0) is 17.8 Å². The number of hydrogen-bond acceptors (Lipinski definition) is 3. The van der Waals surface area contributed by atoms with Crippen LogP contribution in [0.4, 0.5) is 0 Å². The molecule has 0 bridgehead atoms. The summed E-state index contributed by atoms with van der Waals surface area (Å²) in [4.78, 5) is 24.0. The molecule has 1 aromatic heterocycles. The number of aryl methyl sites for hydroxylation is 1. The van der Waals surface area contributed by atoms with Crippen molar-refractivity contribution in [2.45, 2.75) is 66.3 Å². The van der Waals surface area contributed by atoms with E-state index in [1.807, 2.05) is 6.07 Å². The molecule has 1 aliphatic carbocycles. The minimum atomic E-state index is 0.218. The van der Waals surface area contributed by atoms with Crippen LogP contribution in [-0.4, -0.2) is 29.2 Å². The Bertz CT molecular complexity index is 950. The zero-order chi connectivity index (χ0) is 22.3. The van der Waals surface area contributed by atoms with Crippen LogP contribution < -0.4 is 5.32 Å². The average molecular weight is 409 g/mol. The second-order valence-corrected chi connectivity index (χ2v) is 7.71. The maximum atomic E-state index is 12.4. The Morgan fingerprint density at radius 3 is 2.57 bits per heavy atom. The summed E-state index contributed by atoms with van der Waals surface area (Å²) in [7, 11) is 0. The number of fused-ring (bicyclic) bond motifs is 3. The van der Waals surface area contributed by atoms with Gasteiger partial charge in [-0.1, -0.05) is 19.9 Å².